The molecular weight excluding hydrogens is 735 g/mol. The molecule has 288 valence electrons. The van der Waals surface area contributed by atoms with Crippen LogP contribution < -0.4 is 4.90 Å². The highest BCUT2D eigenvalue weighted by Gasteiger charge is 2.46. The number of fused-ring (bicyclic) bond motifs is 9. The summed E-state index contributed by atoms with van der Waals surface area (Å²) in [6.07, 6.45) is 0. The zero-order chi connectivity index (χ0) is 40.7. The van der Waals surface area contributed by atoms with E-state index in [9.17, 15) is 0 Å². The van der Waals surface area contributed by atoms with Crippen LogP contribution >= 0.6 is 0 Å². The largest absolute Gasteiger partial charge is 0.310 e. The maximum absolute atomic E-state index is 2.53. The van der Waals surface area contributed by atoms with Gasteiger partial charge in [-0.2, -0.15) is 0 Å². The molecule has 2 aliphatic carbocycles. The van der Waals surface area contributed by atoms with E-state index >= 15 is 0 Å². The normalized spacial score (nSPS) is 14.0. The van der Waals surface area contributed by atoms with E-state index in [1.165, 1.54) is 94.0 Å². The van der Waals surface area contributed by atoms with Crippen molar-refractivity contribution in [1.29, 1.82) is 0 Å². The molecule has 0 N–H and O–H groups in total. The Bertz CT molecular complexity index is 3290. The summed E-state index contributed by atoms with van der Waals surface area (Å²) < 4.78 is 0. The Labute approximate surface area is 357 Å². The van der Waals surface area contributed by atoms with E-state index in [0.717, 1.165) is 11.4 Å². The summed E-state index contributed by atoms with van der Waals surface area (Å²) in [5, 5.41) is 4.97. The highest BCUT2D eigenvalue weighted by molar-refractivity contribution is 6.08. The predicted molar refractivity (Wildman–Crippen MR) is 256 cm³/mol. The van der Waals surface area contributed by atoms with Gasteiger partial charge in [0.15, 0.2) is 0 Å². The van der Waals surface area contributed by atoms with Gasteiger partial charge in [-0.1, -0.05) is 202 Å². The summed E-state index contributed by atoms with van der Waals surface area (Å²) in [6, 6.07) is 83.6. The molecule has 0 heterocycles. The van der Waals surface area contributed by atoms with Crippen LogP contribution in [0.4, 0.5) is 17.1 Å². The lowest BCUT2D eigenvalue weighted by molar-refractivity contribution is 0.666. The molecule has 1 nitrogen and oxygen atoms in total. The van der Waals surface area contributed by atoms with Gasteiger partial charge < -0.3 is 4.90 Å². The third-order valence-corrected chi connectivity index (χ3v) is 13.7. The summed E-state index contributed by atoms with van der Waals surface area (Å²) in [4.78, 5) is 2.53. The van der Waals surface area contributed by atoms with Gasteiger partial charge in [-0.25, -0.2) is 0 Å². The molecule has 10 aromatic carbocycles. The topological polar surface area (TPSA) is 3.24 Å². The zero-order valence-electron chi connectivity index (χ0n) is 34.3. The zero-order valence-corrected chi connectivity index (χ0v) is 34.3. The molecule has 1 heteroatoms. The molecule has 0 aliphatic heterocycles. The minimum absolute atomic E-state index is 0.203. The van der Waals surface area contributed by atoms with Crippen LogP contribution in [-0.2, 0) is 10.8 Å². The first-order valence-electron chi connectivity index (χ1n) is 21.4. The summed E-state index contributed by atoms with van der Waals surface area (Å²) in [6.45, 7) is 4.81. The van der Waals surface area contributed by atoms with Crippen LogP contribution in [0.25, 0.3) is 54.9 Å². The molecule has 61 heavy (non-hydrogen) atoms. The van der Waals surface area contributed by atoms with Crippen LogP contribution in [0, 0.1) is 0 Å². The van der Waals surface area contributed by atoms with Crippen LogP contribution in [-0.4, -0.2) is 0 Å². The fourth-order valence-electron chi connectivity index (χ4n) is 11.0. The van der Waals surface area contributed by atoms with Gasteiger partial charge in [-0.05, 0) is 119 Å². The summed E-state index contributed by atoms with van der Waals surface area (Å²) >= 11 is 0. The number of anilines is 3. The van der Waals surface area contributed by atoms with Gasteiger partial charge in [-0.3, -0.25) is 0 Å². The van der Waals surface area contributed by atoms with Crippen molar-refractivity contribution < 1.29 is 0 Å². The first kappa shape index (κ1) is 35.5. The fourth-order valence-corrected chi connectivity index (χ4v) is 11.0. The van der Waals surface area contributed by atoms with E-state index in [1.807, 2.05) is 0 Å². The summed E-state index contributed by atoms with van der Waals surface area (Å²) in [7, 11) is 0. The van der Waals surface area contributed by atoms with Crippen molar-refractivity contribution >= 4 is 38.6 Å². The van der Waals surface area contributed by atoms with E-state index in [2.05, 4.69) is 243 Å². The average molecular weight is 778 g/mol. The van der Waals surface area contributed by atoms with Gasteiger partial charge in [0.2, 0.25) is 0 Å². The summed E-state index contributed by atoms with van der Waals surface area (Å²) in [5.74, 6) is 0. The first-order chi connectivity index (χ1) is 30.0. The highest BCUT2D eigenvalue weighted by atomic mass is 15.1. The molecule has 0 spiro atoms. The molecular formula is C60H43N. The van der Waals surface area contributed by atoms with Gasteiger partial charge >= 0.3 is 0 Å². The third kappa shape index (κ3) is 5.20. The average Bonchev–Trinajstić information content (AvgIpc) is 3.74. The lowest BCUT2D eigenvalue weighted by Gasteiger charge is -2.35. The van der Waals surface area contributed by atoms with Crippen LogP contribution in [0.3, 0.4) is 0 Å². The molecule has 0 fully saturated rings. The lowest BCUT2D eigenvalue weighted by atomic mass is 9.67. The van der Waals surface area contributed by atoms with Crippen LogP contribution in [0.1, 0.15) is 47.2 Å². The van der Waals surface area contributed by atoms with Crippen molar-refractivity contribution in [2.75, 3.05) is 4.90 Å². The fraction of sp³-hybridized carbons (Fsp3) is 0.0667. The van der Waals surface area contributed by atoms with Crippen LogP contribution in [0.15, 0.2) is 224 Å². The number of hydrogen-bond acceptors (Lipinski definition) is 1. The minimum atomic E-state index is -0.515. The second-order valence-electron chi connectivity index (χ2n) is 17.2. The number of rotatable bonds is 6. The van der Waals surface area contributed by atoms with Gasteiger partial charge in [-0.15, -0.1) is 0 Å². The standard InChI is InChI=1S/C60H43N/c1-59(2)55-37-43(40-18-6-3-7-19-40)31-34-50(55)53-39-57(51-27-14-15-28-52(51)58(53)59)61(46-32-30-41-20-12-13-21-42(41)36-46)47-33-35-49-48-26-16-17-29-54(48)60(56(49)38-47,44-22-8-4-9-23-44)45-24-10-5-11-25-45/h3-39H,1-2H3. The Balaban J connectivity index is 1.15. The third-order valence-electron chi connectivity index (χ3n) is 13.7. The second-order valence-corrected chi connectivity index (χ2v) is 17.2. The minimum Gasteiger partial charge on any atom is -0.310 e. The van der Waals surface area contributed by atoms with Crippen molar-refractivity contribution in [3.8, 4) is 33.4 Å². The lowest BCUT2D eigenvalue weighted by Crippen LogP contribution is -2.28. The predicted octanol–water partition coefficient (Wildman–Crippen LogP) is 15.8. The Morgan fingerprint density at radius 1 is 0.344 bits per heavy atom. The van der Waals surface area contributed by atoms with E-state index < -0.39 is 5.41 Å². The van der Waals surface area contributed by atoms with Crippen molar-refractivity contribution in [2.45, 2.75) is 24.7 Å². The van der Waals surface area contributed by atoms with Crippen molar-refractivity contribution in [3.63, 3.8) is 0 Å². The molecule has 0 aromatic heterocycles. The maximum Gasteiger partial charge on any atom is 0.0714 e. The molecule has 0 radical (unpaired) electrons. The van der Waals surface area contributed by atoms with Gasteiger partial charge in [0.25, 0.3) is 0 Å². The number of nitrogens with zero attached hydrogens (tertiary/aromatic N) is 1. The second kappa shape index (κ2) is 13.5. The summed E-state index contributed by atoms with van der Waals surface area (Å²) in [5.41, 5.74) is 18.2. The molecule has 10 aromatic rings. The van der Waals surface area contributed by atoms with Crippen LogP contribution in [0.5, 0.6) is 0 Å². The molecule has 2 aliphatic rings. The molecule has 0 bridgehead atoms. The van der Waals surface area contributed by atoms with Crippen LogP contribution in [0.2, 0.25) is 0 Å². The van der Waals surface area contributed by atoms with Gasteiger partial charge in [0, 0.05) is 22.2 Å². The van der Waals surface area contributed by atoms with Crippen molar-refractivity contribution in [2.24, 2.45) is 0 Å². The van der Waals surface area contributed by atoms with E-state index in [4.69, 9.17) is 0 Å². The first-order valence-corrected chi connectivity index (χ1v) is 21.4. The monoisotopic (exact) mass is 777 g/mol. The molecule has 0 atom stereocenters. The van der Waals surface area contributed by atoms with Gasteiger partial charge in [0.1, 0.15) is 0 Å². The van der Waals surface area contributed by atoms with Gasteiger partial charge in [0.05, 0.1) is 11.1 Å². The molecule has 0 saturated carbocycles. The Morgan fingerprint density at radius 2 is 0.902 bits per heavy atom. The highest BCUT2D eigenvalue weighted by Crippen LogP contribution is 2.59. The van der Waals surface area contributed by atoms with Crippen molar-refractivity contribution in [3.05, 3.63) is 258 Å². The maximum atomic E-state index is 2.53. The smallest absolute Gasteiger partial charge is 0.0714 e. The van der Waals surface area contributed by atoms with E-state index in [0.29, 0.717) is 0 Å². The Hall–Kier alpha value is -7.48. The number of benzene rings is 10. The van der Waals surface area contributed by atoms with E-state index in [1.54, 1.807) is 0 Å². The van der Waals surface area contributed by atoms with E-state index in [-0.39, 0.29) is 5.41 Å². The number of hydrogen-bond donors (Lipinski definition) is 0. The molecule has 0 unspecified atom stereocenters. The Morgan fingerprint density at radius 3 is 1.66 bits per heavy atom. The molecule has 0 saturated heterocycles. The SMILES string of the molecule is CC1(C)c2cc(-c3ccccc3)ccc2-c2cc(N(c3ccc4c(c3)C(c3ccccc3)(c3ccccc3)c3ccccc3-4)c3ccc4ccccc4c3)c3ccccc3c21. The quantitative estimate of drug-likeness (QED) is 0.163. The molecule has 12 rings (SSSR count). The van der Waals surface area contributed by atoms with Crippen molar-refractivity contribution in [1.82, 2.24) is 0 Å². The Kier molecular flexibility index (Phi) is 7.86. The molecule has 0 amide bonds.